The summed E-state index contributed by atoms with van der Waals surface area (Å²) in [4.78, 5) is 20.9. The molecule has 0 amide bonds. The second-order valence-corrected chi connectivity index (χ2v) is 7.07. The maximum Gasteiger partial charge on any atom is 0.266 e. The standard InChI is InChI=1S/C20H18N4O2S/c1-13-7-9-15(10-8-13)19-21-17-11-18(25)23-24(17)20(22-19)27-12-26-16-6-4-3-5-14(16)2/h3-11H,12H2,1-2H3,(H,23,25). The minimum atomic E-state index is -0.216. The van der Waals surface area contributed by atoms with Crippen LogP contribution in [-0.4, -0.2) is 25.5 Å². The van der Waals surface area contributed by atoms with Crippen LogP contribution in [0.5, 0.6) is 5.75 Å². The number of nitrogens with zero attached hydrogens (tertiary/aromatic N) is 3. The van der Waals surface area contributed by atoms with E-state index in [1.807, 2.05) is 62.4 Å². The molecule has 2 heterocycles. The van der Waals surface area contributed by atoms with Gasteiger partial charge >= 0.3 is 0 Å². The van der Waals surface area contributed by atoms with E-state index >= 15 is 0 Å². The van der Waals surface area contributed by atoms with Crippen LogP contribution in [-0.2, 0) is 0 Å². The Hall–Kier alpha value is -3.06. The normalized spacial score (nSPS) is 11.0. The van der Waals surface area contributed by atoms with E-state index in [0.29, 0.717) is 22.6 Å². The predicted octanol–water partition coefficient (Wildman–Crippen LogP) is 3.83. The lowest BCUT2D eigenvalue weighted by molar-refractivity contribution is 0.389. The highest BCUT2D eigenvalue weighted by Crippen LogP contribution is 2.24. The molecule has 136 valence electrons. The number of aromatic amines is 1. The van der Waals surface area contributed by atoms with Crippen molar-refractivity contribution in [3.8, 4) is 17.1 Å². The number of fused-ring (bicyclic) bond motifs is 1. The molecule has 0 aliphatic carbocycles. The van der Waals surface area contributed by atoms with E-state index in [9.17, 15) is 4.79 Å². The first-order valence-electron chi connectivity index (χ1n) is 8.48. The molecule has 4 aromatic rings. The summed E-state index contributed by atoms with van der Waals surface area (Å²) in [6, 6.07) is 17.3. The number of hydrogen-bond donors (Lipinski definition) is 1. The molecule has 7 heteroatoms. The van der Waals surface area contributed by atoms with Gasteiger partial charge in [-0.15, -0.1) is 0 Å². The van der Waals surface area contributed by atoms with E-state index in [0.717, 1.165) is 16.9 Å². The van der Waals surface area contributed by atoms with Gasteiger partial charge in [0.1, 0.15) is 11.7 Å². The Kier molecular flexibility index (Phi) is 4.68. The SMILES string of the molecule is Cc1ccc(-c2nc(SCOc3ccccc3C)n3[nH]c(=O)cc3n2)cc1. The number of rotatable bonds is 5. The van der Waals surface area contributed by atoms with E-state index in [1.165, 1.54) is 23.4 Å². The van der Waals surface area contributed by atoms with Crippen LogP contribution in [0.3, 0.4) is 0 Å². The highest BCUT2D eigenvalue weighted by Gasteiger charge is 2.12. The molecule has 0 bridgehead atoms. The van der Waals surface area contributed by atoms with Crippen LogP contribution >= 0.6 is 11.8 Å². The molecule has 0 aliphatic heterocycles. The number of hydrogen-bond acceptors (Lipinski definition) is 5. The fraction of sp³-hybridized carbons (Fsp3) is 0.150. The van der Waals surface area contributed by atoms with Gasteiger partial charge < -0.3 is 4.74 Å². The van der Waals surface area contributed by atoms with Gasteiger partial charge in [-0.2, -0.15) is 0 Å². The van der Waals surface area contributed by atoms with Gasteiger partial charge in [0.15, 0.2) is 16.6 Å². The molecule has 0 atom stereocenters. The lowest BCUT2D eigenvalue weighted by atomic mass is 10.1. The van der Waals surface area contributed by atoms with Crippen LogP contribution < -0.4 is 10.3 Å². The van der Waals surface area contributed by atoms with Gasteiger partial charge in [-0.25, -0.2) is 14.5 Å². The van der Waals surface area contributed by atoms with Gasteiger partial charge in [-0.1, -0.05) is 48.0 Å². The van der Waals surface area contributed by atoms with Crippen molar-refractivity contribution >= 4 is 17.4 Å². The van der Waals surface area contributed by atoms with Gasteiger partial charge in [0, 0.05) is 11.6 Å². The molecule has 27 heavy (non-hydrogen) atoms. The van der Waals surface area contributed by atoms with E-state index in [-0.39, 0.29) is 5.56 Å². The summed E-state index contributed by atoms with van der Waals surface area (Å²) >= 11 is 1.40. The molecular formula is C20H18N4O2S. The number of benzene rings is 2. The van der Waals surface area contributed by atoms with Crippen molar-refractivity contribution in [1.82, 2.24) is 19.6 Å². The Morgan fingerprint density at radius 3 is 2.63 bits per heavy atom. The lowest BCUT2D eigenvalue weighted by Gasteiger charge is -2.10. The first-order valence-corrected chi connectivity index (χ1v) is 9.47. The van der Waals surface area contributed by atoms with E-state index in [4.69, 9.17) is 4.74 Å². The summed E-state index contributed by atoms with van der Waals surface area (Å²) in [6.45, 7) is 4.03. The predicted molar refractivity (Wildman–Crippen MR) is 106 cm³/mol. The number of aromatic nitrogens is 4. The Labute approximate surface area is 160 Å². The molecule has 0 spiro atoms. The summed E-state index contributed by atoms with van der Waals surface area (Å²) in [5.74, 6) is 1.77. The zero-order valence-corrected chi connectivity index (χ0v) is 15.8. The van der Waals surface area contributed by atoms with Crippen molar-refractivity contribution in [1.29, 1.82) is 0 Å². The van der Waals surface area contributed by atoms with Crippen molar-refractivity contribution in [2.75, 3.05) is 5.94 Å². The molecular weight excluding hydrogens is 360 g/mol. The average Bonchev–Trinajstić information content (AvgIpc) is 3.04. The zero-order chi connectivity index (χ0) is 18.8. The number of nitrogens with one attached hydrogen (secondary N) is 1. The number of para-hydroxylation sites is 1. The van der Waals surface area contributed by atoms with Crippen LogP contribution in [0.4, 0.5) is 0 Å². The van der Waals surface area contributed by atoms with Crippen molar-refractivity contribution in [2.24, 2.45) is 0 Å². The fourth-order valence-corrected chi connectivity index (χ4v) is 3.39. The molecule has 1 N–H and O–H groups in total. The smallest absolute Gasteiger partial charge is 0.266 e. The summed E-state index contributed by atoms with van der Waals surface area (Å²) in [6.07, 6.45) is 0. The molecule has 0 fully saturated rings. The van der Waals surface area contributed by atoms with Crippen LogP contribution in [0, 0.1) is 13.8 Å². The maximum atomic E-state index is 11.8. The van der Waals surface area contributed by atoms with Crippen LogP contribution in [0.15, 0.2) is 64.5 Å². The molecule has 0 saturated carbocycles. The fourth-order valence-electron chi connectivity index (χ4n) is 2.68. The summed E-state index contributed by atoms with van der Waals surface area (Å²) < 4.78 is 7.44. The zero-order valence-electron chi connectivity index (χ0n) is 15.0. The number of H-pyrrole nitrogens is 1. The first kappa shape index (κ1) is 17.4. The van der Waals surface area contributed by atoms with Crippen LogP contribution in [0.25, 0.3) is 17.0 Å². The molecule has 0 aliphatic rings. The molecule has 2 aromatic carbocycles. The quantitative estimate of drug-likeness (QED) is 0.422. The van der Waals surface area contributed by atoms with Crippen molar-refractivity contribution < 1.29 is 4.74 Å². The number of aryl methyl sites for hydroxylation is 2. The minimum Gasteiger partial charge on any atom is -0.482 e. The molecule has 4 rings (SSSR count). The van der Waals surface area contributed by atoms with Gasteiger partial charge in [-0.3, -0.25) is 9.89 Å². The van der Waals surface area contributed by atoms with Gasteiger partial charge in [0.25, 0.3) is 5.56 Å². The first-order chi connectivity index (χ1) is 13.1. The van der Waals surface area contributed by atoms with Crippen molar-refractivity contribution in [3.05, 3.63) is 76.1 Å². The highest BCUT2D eigenvalue weighted by atomic mass is 32.2. The Bertz CT molecular complexity index is 1150. The van der Waals surface area contributed by atoms with Gasteiger partial charge in [-0.05, 0) is 37.2 Å². The Balaban J connectivity index is 1.65. The van der Waals surface area contributed by atoms with Gasteiger partial charge in [0.2, 0.25) is 0 Å². The molecule has 2 aromatic heterocycles. The van der Waals surface area contributed by atoms with Gasteiger partial charge in [0.05, 0.1) is 0 Å². The average molecular weight is 378 g/mol. The third kappa shape index (κ3) is 3.73. The van der Waals surface area contributed by atoms with Crippen LogP contribution in [0.2, 0.25) is 0 Å². The van der Waals surface area contributed by atoms with Crippen molar-refractivity contribution in [2.45, 2.75) is 19.0 Å². The summed E-state index contributed by atoms with van der Waals surface area (Å²) in [5.41, 5.74) is 3.45. The number of thioether (sulfide) groups is 1. The summed E-state index contributed by atoms with van der Waals surface area (Å²) in [7, 11) is 0. The monoisotopic (exact) mass is 378 g/mol. The third-order valence-corrected chi connectivity index (χ3v) is 4.90. The Morgan fingerprint density at radius 2 is 1.85 bits per heavy atom. The second-order valence-electron chi connectivity index (χ2n) is 6.18. The largest absolute Gasteiger partial charge is 0.482 e. The minimum absolute atomic E-state index is 0.216. The third-order valence-electron chi connectivity index (χ3n) is 4.13. The topological polar surface area (TPSA) is 72.3 Å². The van der Waals surface area contributed by atoms with Crippen molar-refractivity contribution in [3.63, 3.8) is 0 Å². The Morgan fingerprint density at radius 1 is 1.07 bits per heavy atom. The molecule has 0 radical (unpaired) electrons. The maximum absolute atomic E-state index is 11.8. The van der Waals surface area contributed by atoms with E-state index in [1.54, 1.807) is 4.52 Å². The highest BCUT2D eigenvalue weighted by molar-refractivity contribution is 7.99. The molecule has 6 nitrogen and oxygen atoms in total. The summed E-state index contributed by atoms with van der Waals surface area (Å²) in [5, 5.41) is 3.35. The molecule has 0 saturated heterocycles. The van der Waals surface area contributed by atoms with Crippen LogP contribution in [0.1, 0.15) is 11.1 Å². The molecule has 0 unspecified atom stereocenters. The number of ether oxygens (including phenoxy) is 1. The second kappa shape index (κ2) is 7.28. The van der Waals surface area contributed by atoms with E-state index < -0.39 is 0 Å². The lowest BCUT2D eigenvalue weighted by Crippen LogP contribution is -2.06. The van der Waals surface area contributed by atoms with E-state index in [2.05, 4.69) is 15.1 Å².